The number of hydrogen-bond acceptors (Lipinski definition) is 12. The summed E-state index contributed by atoms with van der Waals surface area (Å²) in [5, 5.41) is 14.6. The highest BCUT2D eigenvalue weighted by molar-refractivity contribution is 7.93. The number of fused-ring (bicyclic) bond motifs is 2. The fourth-order valence-corrected chi connectivity index (χ4v) is 7.17. The molecule has 1 unspecified atom stereocenters. The second-order valence-electron chi connectivity index (χ2n) is 9.97. The zero-order chi connectivity index (χ0) is 27.0. The number of ether oxygens (including phenoxy) is 2. The van der Waals surface area contributed by atoms with Crippen LogP contribution in [0.4, 0.5) is 5.69 Å². The molecule has 5 heterocycles. The van der Waals surface area contributed by atoms with Gasteiger partial charge in [0.2, 0.25) is 15.9 Å². The number of aliphatic hydroxyl groups is 1. The van der Waals surface area contributed by atoms with Crippen molar-refractivity contribution in [1.29, 1.82) is 0 Å². The first-order valence-corrected chi connectivity index (χ1v) is 15.4. The highest BCUT2D eigenvalue weighted by Gasteiger charge is 2.40. The molecule has 0 aromatic carbocycles. The molecule has 14 heteroatoms. The molecule has 4 atom stereocenters. The Labute approximate surface area is 230 Å². The van der Waals surface area contributed by atoms with E-state index in [1.807, 2.05) is 6.92 Å². The zero-order valence-electron chi connectivity index (χ0n) is 21.4. The fraction of sp³-hybridized carbons (Fsp3) is 0.520. The summed E-state index contributed by atoms with van der Waals surface area (Å²) in [5.41, 5.74) is 1.70. The van der Waals surface area contributed by atoms with Crippen LogP contribution in [-0.2, 0) is 14.8 Å². The molecule has 3 fully saturated rings. The lowest BCUT2D eigenvalue weighted by Gasteiger charge is -2.31. The van der Waals surface area contributed by atoms with Crippen molar-refractivity contribution in [2.75, 3.05) is 31.0 Å². The molecule has 0 amide bonds. The molecule has 3 aromatic rings. The predicted octanol–water partition coefficient (Wildman–Crippen LogP) is 2.09. The molecule has 1 aliphatic carbocycles. The van der Waals surface area contributed by atoms with Crippen molar-refractivity contribution in [3.8, 4) is 16.5 Å². The van der Waals surface area contributed by atoms with Crippen molar-refractivity contribution in [3.05, 3.63) is 47.6 Å². The van der Waals surface area contributed by atoms with Crippen molar-refractivity contribution >= 4 is 27.0 Å². The molecule has 3 N–H and O–H groups in total. The average molecular weight is 574 g/mol. The van der Waals surface area contributed by atoms with E-state index in [1.54, 1.807) is 36.9 Å². The summed E-state index contributed by atoms with van der Waals surface area (Å²) in [6, 6.07) is 3.30. The molecule has 0 radical (unpaired) electrons. The molecule has 12 nitrogen and oxygen atoms in total. The second kappa shape index (κ2) is 11.0. The first-order valence-electron chi connectivity index (χ1n) is 13.1. The number of hydrogen-bond donors (Lipinski definition) is 3. The summed E-state index contributed by atoms with van der Waals surface area (Å²) < 4.78 is 38.9. The lowest BCUT2D eigenvalue weighted by molar-refractivity contribution is 0.0217. The third kappa shape index (κ3) is 6.05. The first-order chi connectivity index (χ1) is 18.9. The van der Waals surface area contributed by atoms with Crippen molar-refractivity contribution < 1.29 is 23.0 Å². The van der Waals surface area contributed by atoms with E-state index >= 15 is 0 Å². The molecule has 39 heavy (non-hydrogen) atoms. The van der Waals surface area contributed by atoms with Gasteiger partial charge in [-0.3, -0.25) is 24.9 Å². The predicted molar refractivity (Wildman–Crippen MR) is 145 cm³/mol. The van der Waals surface area contributed by atoms with E-state index in [9.17, 15) is 13.5 Å². The highest BCUT2D eigenvalue weighted by atomic mass is 32.2. The Kier molecular flexibility index (Phi) is 7.48. The number of aromatic nitrogens is 4. The molecule has 2 saturated heterocycles. The Hall–Kier alpha value is -2.75. The minimum absolute atomic E-state index is 0.223. The van der Waals surface area contributed by atoms with E-state index in [0.29, 0.717) is 66.6 Å². The van der Waals surface area contributed by atoms with E-state index in [1.165, 1.54) is 11.3 Å². The number of thiazole rings is 1. The number of aliphatic hydroxyl groups excluding tert-OH is 1. The Bertz CT molecular complexity index is 1420. The van der Waals surface area contributed by atoms with Crippen LogP contribution in [0.1, 0.15) is 49.2 Å². The van der Waals surface area contributed by atoms with Gasteiger partial charge in [0, 0.05) is 31.5 Å². The van der Waals surface area contributed by atoms with Gasteiger partial charge in [0.15, 0.2) is 6.23 Å². The minimum atomic E-state index is -3.41. The Morgan fingerprint density at radius 2 is 2.15 bits per heavy atom. The van der Waals surface area contributed by atoms with E-state index in [0.717, 1.165) is 17.8 Å². The van der Waals surface area contributed by atoms with Gasteiger partial charge >= 0.3 is 0 Å². The summed E-state index contributed by atoms with van der Waals surface area (Å²) in [7, 11) is -3.41. The monoisotopic (exact) mass is 573 g/mol. The minimum Gasteiger partial charge on any atom is -0.477 e. The summed E-state index contributed by atoms with van der Waals surface area (Å²) in [4.78, 5) is 20.7. The van der Waals surface area contributed by atoms with Gasteiger partial charge in [0.25, 0.3) is 0 Å². The van der Waals surface area contributed by atoms with Crippen molar-refractivity contribution in [2.45, 2.75) is 55.9 Å². The molecule has 3 aliphatic rings. The quantitative estimate of drug-likeness (QED) is 0.273. The molecular weight excluding hydrogens is 542 g/mol. The van der Waals surface area contributed by atoms with Crippen molar-refractivity contribution in [2.24, 2.45) is 0 Å². The standard InChI is InChI=1S/C25H31N7O5S2/c1-2-36-23-11-26-9-20(29-23)22-10-28-25(38-22)24(33)30-21(13-32-12-17-8-16(32)14-37-17)19-7-15(5-6-27-19)31-39(34,35)18-3-4-18/h5-7,9-11,16-18,21,24,30,33H,2-4,8,12-14H2,1H3,(H,27,31)/t16-,17-,21-,24?/m0/s1. The van der Waals surface area contributed by atoms with Gasteiger partial charge in [-0.15, -0.1) is 11.3 Å². The van der Waals surface area contributed by atoms with E-state index in [-0.39, 0.29) is 11.4 Å². The number of pyridine rings is 1. The lowest BCUT2D eigenvalue weighted by Crippen LogP contribution is -2.43. The largest absolute Gasteiger partial charge is 0.477 e. The van der Waals surface area contributed by atoms with Gasteiger partial charge in [0.1, 0.15) is 10.7 Å². The van der Waals surface area contributed by atoms with Gasteiger partial charge in [0.05, 0.1) is 59.3 Å². The van der Waals surface area contributed by atoms with E-state index < -0.39 is 22.3 Å². The number of morpholine rings is 1. The van der Waals surface area contributed by atoms with Crippen LogP contribution in [0.5, 0.6) is 5.88 Å². The van der Waals surface area contributed by atoms with Crippen LogP contribution < -0.4 is 14.8 Å². The van der Waals surface area contributed by atoms with Crippen molar-refractivity contribution in [1.82, 2.24) is 30.2 Å². The topological polar surface area (TPSA) is 152 Å². The maximum absolute atomic E-state index is 12.5. The Balaban J connectivity index is 1.22. The van der Waals surface area contributed by atoms with Crippen molar-refractivity contribution in [3.63, 3.8) is 0 Å². The SMILES string of the molecule is CCOc1cncc(-c2cnc(C(O)N[C@@H](CN3C[C@@H]4C[C@H]3CO4)c3cc(NS(=O)(=O)C4CC4)ccn3)s2)n1. The van der Waals surface area contributed by atoms with Crippen LogP contribution in [-0.4, -0.2) is 82.1 Å². The van der Waals surface area contributed by atoms with Gasteiger partial charge in [-0.1, -0.05) is 0 Å². The second-order valence-corrected chi connectivity index (χ2v) is 13.0. The number of sulfonamides is 1. The van der Waals surface area contributed by atoms with Crippen LogP contribution in [0, 0.1) is 0 Å². The van der Waals surface area contributed by atoms with E-state index in [4.69, 9.17) is 9.47 Å². The third-order valence-electron chi connectivity index (χ3n) is 7.07. The van der Waals surface area contributed by atoms with Crippen LogP contribution in [0.15, 0.2) is 36.9 Å². The van der Waals surface area contributed by atoms with Gasteiger partial charge in [-0.2, -0.15) is 0 Å². The number of anilines is 1. The van der Waals surface area contributed by atoms with E-state index in [2.05, 4.69) is 34.9 Å². The summed E-state index contributed by atoms with van der Waals surface area (Å²) in [6.45, 7) is 4.44. The average Bonchev–Trinajstić information content (AvgIpc) is 3.34. The van der Waals surface area contributed by atoms with Gasteiger partial charge in [-0.25, -0.2) is 18.4 Å². The molecule has 3 aromatic heterocycles. The molecule has 6 rings (SSSR count). The third-order valence-corrected chi connectivity index (χ3v) is 10.0. The van der Waals surface area contributed by atoms with Gasteiger partial charge < -0.3 is 14.6 Å². The molecular formula is C25H31N7O5S2. The Morgan fingerprint density at radius 1 is 1.28 bits per heavy atom. The normalized spacial score (nSPS) is 22.6. The Morgan fingerprint density at radius 3 is 2.90 bits per heavy atom. The molecule has 1 saturated carbocycles. The number of likely N-dealkylation sites (tertiary alicyclic amines) is 1. The highest BCUT2D eigenvalue weighted by Crippen LogP contribution is 2.33. The maximum Gasteiger partial charge on any atom is 0.235 e. The van der Waals surface area contributed by atoms with Gasteiger partial charge in [-0.05, 0) is 38.3 Å². The zero-order valence-corrected chi connectivity index (χ0v) is 23.1. The summed E-state index contributed by atoms with van der Waals surface area (Å²) >= 11 is 1.31. The summed E-state index contributed by atoms with van der Waals surface area (Å²) in [6.07, 6.45) is 7.92. The molecule has 0 spiro atoms. The number of nitrogens with zero attached hydrogens (tertiary/aromatic N) is 5. The number of nitrogens with one attached hydrogen (secondary N) is 2. The summed E-state index contributed by atoms with van der Waals surface area (Å²) in [5.74, 6) is 0.427. The van der Waals surface area contributed by atoms with Crippen LogP contribution in [0.2, 0.25) is 0 Å². The maximum atomic E-state index is 12.5. The first kappa shape index (κ1) is 26.5. The molecule has 2 bridgehead atoms. The van der Waals surface area contributed by atoms with Crippen LogP contribution >= 0.6 is 11.3 Å². The lowest BCUT2D eigenvalue weighted by atomic mass is 10.1. The van der Waals surface area contributed by atoms with Crippen LogP contribution in [0.3, 0.4) is 0 Å². The molecule has 2 aliphatic heterocycles. The van der Waals surface area contributed by atoms with Crippen LogP contribution in [0.25, 0.3) is 10.6 Å². The molecule has 208 valence electrons. The number of rotatable bonds is 12. The smallest absolute Gasteiger partial charge is 0.235 e. The fourth-order valence-electron chi connectivity index (χ4n) is 4.98.